The molecule has 1 unspecified atom stereocenters. The summed E-state index contributed by atoms with van der Waals surface area (Å²) in [6.45, 7) is 3.84. The maximum atomic E-state index is 10.4. The summed E-state index contributed by atoms with van der Waals surface area (Å²) in [4.78, 5) is 2.40. The van der Waals surface area contributed by atoms with E-state index in [1.807, 2.05) is 18.2 Å². The SMILES string of the molecule is OCCOc1ccccc1CN1CCCn2nc(C(O)C3CC3)cc2C1. The molecule has 0 radical (unpaired) electrons. The number of aliphatic hydroxyl groups excluding tert-OH is 2. The highest BCUT2D eigenvalue weighted by molar-refractivity contribution is 5.33. The third-order valence-corrected chi connectivity index (χ3v) is 5.20. The largest absolute Gasteiger partial charge is 0.491 e. The van der Waals surface area contributed by atoms with E-state index >= 15 is 0 Å². The summed E-state index contributed by atoms with van der Waals surface area (Å²) in [6.07, 6.45) is 2.85. The lowest BCUT2D eigenvalue weighted by Gasteiger charge is -2.21. The molecule has 2 aliphatic rings. The van der Waals surface area contributed by atoms with E-state index in [9.17, 15) is 5.11 Å². The number of ether oxygens (including phenoxy) is 1. The number of benzene rings is 1. The summed E-state index contributed by atoms with van der Waals surface area (Å²) in [5.74, 6) is 1.24. The minimum absolute atomic E-state index is 0.0172. The molecule has 0 amide bonds. The number of fused-ring (bicyclic) bond motifs is 1. The molecule has 0 bridgehead atoms. The highest BCUT2D eigenvalue weighted by Gasteiger charge is 2.33. The first-order chi connectivity index (χ1) is 12.7. The van der Waals surface area contributed by atoms with Gasteiger partial charge in [0.15, 0.2) is 0 Å². The predicted octanol–water partition coefficient (Wildman–Crippen LogP) is 2.10. The average Bonchev–Trinajstić information content (AvgIpc) is 3.45. The van der Waals surface area contributed by atoms with Crippen LogP contribution < -0.4 is 4.74 Å². The Balaban J connectivity index is 1.47. The molecular formula is C20H27N3O3. The smallest absolute Gasteiger partial charge is 0.123 e. The predicted molar refractivity (Wildman–Crippen MR) is 97.7 cm³/mol. The van der Waals surface area contributed by atoms with Crippen molar-refractivity contribution < 1.29 is 14.9 Å². The Morgan fingerprint density at radius 2 is 2.08 bits per heavy atom. The van der Waals surface area contributed by atoms with Crippen LogP contribution in [-0.4, -0.2) is 44.7 Å². The van der Waals surface area contributed by atoms with Crippen molar-refractivity contribution in [3.63, 3.8) is 0 Å². The van der Waals surface area contributed by atoms with Gasteiger partial charge in [0, 0.05) is 31.7 Å². The van der Waals surface area contributed by atoms with Crippen LogP contribution in [0.2, 0.25) is 0 Å². The molecule has 1 aromatic heterocycles. The summed E-state index contributed by atoms with van der Waals surface area (Å²) >= 11 is 0. The summed E-state index contributed by atoms with van der Waals surface area (Å²) in [5.41, 5.74) is 3.13. The van der Waals surface area contributed by atoms with E-state index in [4.69, 9.17) is 9.84 Å². The maximum absolute atomic E-state index is 10.4. The van der Waals surface area contributed by atoms with Gasteiger partial charge in [0.2, 0.25) is 0 Å². The van der Waals surface area contributed by atoms with E-state index in [1.165, 1.54) is 5.69 Å². The van der Waals surface area contributed by atoms with Crippen molar-refractivity contribution in [3.8, 4) is 5.75 Å². The van der Waals surface area contributed by atoms with Crippen LogP contribution in [0.5, 0.6) is 5.75 Å². The van der Waals surface area contributed by atoms with Crippen LogP contribution in [0.25, 0.3) is 0 Å². The standard InChI is InChI=1S/C20H27N3O3/c24-10-11-26-19-5-2-1-4-16(19)13-22-8-3-9-23-17(14-22)12-18(21-23)20(25)15-6-7-15/h1-2,4-5,12,15,20,24-25H,3,6-11,13-14H2. The van der Waals surface area contributed by atoms with Crippen molar-refractivity contribution in [2.45, 2.75) is 45.0 Å². The zero-order chi connectivity index (χ0) is 17.9. The van der Waals surface area contributed by atoms with E-state index in [0.29, 0.717) is 12.5 Å². The Bertz CT molecular complexity index is 742. The van der Waals surface area contributed by atoms with Crippen LogP contribution in [0.4, 0.5) is 0 Å². The van der Waals surface area contributed by atoms with Gasteiger partial charge < -0.3 is 14.9 Å². The highest BCUT2D eigenvalue weighted by Crippen LogP contribution is 2.40. The van der Waals surface area contributed by atoms with E-state index in [0.717, 1.165) is 62.4 Å². The molecule has 2 N–H and O–H groups in total. The molecule has 1 atom stereocenters. The molecular weight excluding hydrogens is 330 g/mol. The minimum atomic E-state index is -0.407. The van der Waals surface area contributed by atoms with Crippen molar-refractivity contribution in [1.29, 1.82) is 0 Å². The lowest BCUT2D eigenvalue weighted by Crippen LogP contribution is -2.23. The Morgan fingerprint density at radius 3 is 2.88 bits per heavy atom. The number of nitrogens with zero attached hydrogens (tertiary/aromatic N) is 3. The van der Waals surface area contributed by atoms with E-state index in [1.54, 1.807) is 0 Å². The molecule has 1 fully saturated rings. The van der Waals surface area contributed by atoms with Crippen LogP contribution in [0.15, 0.2) is 30.3 Å². The maximum Gasteiger partial charge on any atom is 0.123 e. The third-order valence-electron chi connectivity index (χ3n) is 5.20. The molecule has 6 nitrogen and oxygen atoms in total. The minimum Gasteiger partial charge on any atom is -0.491 e. The van der Waals surface area contributed by atoms with Crippen LogP contribution >= 0.6 is 0 Å². The van der Waals surface area contributed by atoms with Gasteiger partial charge in [0.05, 0.1) is 18.0 Å². The molecule has 2 heterocycles. The van der Waals surface area contributed by atoms with Gasteiger partial charge in [-0.05, 0) is 37.3 Å². The van der Waals surface area contributed by atoms with Crippen LogP contribution in [0.1, 0.15) is 42.3 Å². The van der Waals surface area contributed by atoms with Crippen molar-refractivity contribution in [1.82, 2.24) is 14.7 Å². The van der Waals surface area contributed by atoms with Gasteiger partial charge in [-0.1, -0.05) is 18.2 Å². The second kappa shape index (κ2) is 7.78. The lowest BCUT2D eigenvalue weighted by molar-refractivity contribution is 0.148. The number of aryl methyl sites for hydroxylation is 1. The molecule has 6 heteroatoms. The van der Waals surface area contributed by atoms with Gasteiger partial charge in [0.1, 0.15) is 18.5 Å². The molecule has 1 aromatic carbocycles. The van der Waals surface area contributed by atoms with E-state index < -0.39 is 6.10 Å². The first-order valence-corrected chi connectivity index (χ1v) is 9.53. The molecule has 1 saturated carbocycles. The topological polar surface area (TPSA) is 70.8 Å². The molecule has 1 aliphatic carbocycles. The zero-order valence-corrected chi connectivity index (χ0v) is 15.0. The number of rotatable bonds is 7. The molecule has 0 saturated heterocycles. The molecule has 0 spiro atoms. The summed E-state index contributed by atoms with van der Waals surface area (Å²) in [5, 5.41) is 24.0. The monoisotopic (exact) mass is 357 g/mol. The summed E-state index contributed by atoms with van der Waals surface area (Å²) in [6, 6.07) is 10.1. The second-order valence-electron chi connectivity index (χ2n) is 7.31. The Hall–Kier alpha value is -1.89. The van der Waals surface area contributed by atoms with E-state index in [2.05, 4.69) is 26.8 Å². The van der Waals surface area contributed by atoms with Gasteiger partial charge in [-0.25, -0.2) is 0 Å². The fourth-order valence-electron chi connectivity index (χ4n) is 3.66. The second-order valence-corrected chi connectivity index (χ2v) is 7.31. The first kappa shape index (κ1) is 17.5. The van der Waals surface area contributed by atoms with Crippen molar-refractivity contribution in [3.05, 3.63) is 47.3 Å². The fourth-order valence-corrected chi connectivity index (χ4v) is 3.66. The number of aromatic nitrogens is 2. The van der Waals surface area contributed by atoms with Crippen molar-refractivity contribution in [2.75, 3.05) is 19.8 Å². The number of para-hydroxylation sites is 1. The number of hydrogen-bond acceptors (Lipinski definition) is 5. The first-order valence-electron chi connectivity index (χ1n) is 9.53. The van der Waals surface area contributed by atoms with Crippen LogP contribution in [0.3, 0.4) is 0 Å². The zero-order valence-electron chi connectivity index (χ0n) is 15.0. The van der Waals surface area contributed by atoms with E-state index in [-0.39, 0.29) is 6.61 Å². The van der Waals surface area contributed by atoms with Gasteiger partial charge in [-0.15, -0.1) is 0 Å². The number of aliphatic hydroxyl groups is 2. The number of hydrogen-bond donors (Lipinski definition) is 2. The van der Waals surface area contributed by atoms with Gasteiger partial charge in [-0.3, -0.25) is 9.58 Å². The third kappa shape index (κ3) is 3.92. The Morgan fingerprint density at radius 1 is 1.23 bits per heavy atom. The fraction of sp³-hybridized carbons (Fsp3) is 0.550. The normalized spacial score (nSPS) is 19.0. The van der Waals surface area contributed by atoms with Gasteiger partial charge >= 0.3 is 0 Å². The molecule has 4 rings (SSSR count). The molecule has 2 aromatic rings. The molecule has 140 valence electrons. The average molecular weight is 357 g/mol. The highest BCUT2D eigenvalue weighted by atomic mass is 16.5. The molecule has 1 aliphatic heterocycles. The molecule has 26 heavy (non-hydrogen) atoms. The van der Waals surface area contributed by atoms with Crippen LogP contribution in [-0.2, 0) is 19.6 Å². The summed E-state index contributed by atoms with van der Waals surface area (Å²) < 4.78 is 7.73. The Kier molecular flexibility index (Phi) is 5.24. The van der Waals surface area contributed by atoms with Gasteiger partial charge in [0.25, 0.3) is 0 Å². The van der Waals surface area contributed by atoms with Crippen molar-refractivity contribution in [2.24, 2.45) is 5.92 Å². The quantitative estimate of drug-likeness (QED) is 0.794. The lowest BCUT2D eigenvalue weighted by atomic mass is 10.1. The van der Waals surface area contributed by atoms with Crippen molar-refractivity contribution >= 4 is 0 Å². The van der Waals surface area contributed by atoms with Gasteiger partial charge in [-0.2, -0.15) is 5.10 Å². The summed E-state index contributed by atoms with van der Waals surface area (Å²) in [7, 11) is 0. The Labute approximate surface area is 154 Å². The van der Waals surface area contributed by atoms with Crippen LogP contribution in [0, 0.1) is 5.92 Å².